The van der Waals surface area contributed by atoms with Gasteiger partial charge < -0.3 is 0 Å². The molecule has 3 aromatic rings. The Bertz CT molecular complexity index is 986. The van der Waals surface area contributed by atoms with Crippen molar-refractivity contribution in [2.24, 2.45) is 0 Å². The van der Waals surface area contributed by atoms with Crippen molar-refractivity contribution in [2.45, 2.75) is 52.6 Å². The molecule has 2 heterocycles. The number of thiophene rings is 1. The molecule has 3 nitrogen and oxygen atoms in total. The Labute approximate surface area is 157 Å². The monoisotopic (exact) mass is 372 g/mol. The zero-order chi connectivity index (χ0) is 18.1. The van der Waals surface area contributed by atoms with Gasteiger partial charge in [0, 0.05) is 4.88 Å². The third-order valence-electron chi connectivity index (χ3n) is 4.53. The van der Waals surface area contributed by atoms with E-state index < -0.39 is 0 Å². The van der Waals surface area contributed by atoms with Crippen LogP contribution < -0.4 is 5.56 Å². The van der Waals surface area contributed by atoms with Crippen molar-refractivity contribution < 1.29 is 0 Å². The molecule has 0 aliphatic heterocycles. The average Bonchev–Trinajstić information content (AvgIpc) is 2.87. The zero-order valence-electron chi connectivity index (χ0n) is 15.5. The third-order valence-corrected chi connectivity index (χ3v) is 6.60. The van der Waals surface area contributed by atoms with Crippen LogP contribution in [0.2, 0.25) is 0 Å². The highest BCUT2D eigenvalue weighted by Gasteiger charge is 2.18. The summed E-state index contributed by atoms with van der Waals surface area (Å²) in [6.45, 7) is 10.5. The maximum Gasteiger partial charge on any atom is 0.267 e. The van der Waals surface area contributed by atoms with Crippen LogP contribution >= 0.6 is 23.1 Å². The molecule has 0 amide bonds. The van der Waals surface area contributed by atoms with Gasteiger partial charge >= 0.3 is 0 Å². The first kappa shape index (κ1) is 18.2. The Balaban J connectivity index is 2.33. The smallest absolute Gasteiger partial charge is 0.267 e. The second-order valence-corrected chi connectivity index (χ2v) is 8.63. The molecule has 0 radical (unpaired) electrons. The van der Waals surface area contributed by atoms with E-state index >= 15 is 0 Å². The van der Waals surface area contributed by atoms with Gasteiger partial charge in [-0.1, -0.05) is 38.1 Å². The fraction of sp³-hybridized carbons (Fsp3) is 0.400. The number of rotatable bonds is 5. The van der Waals surface area contributed by atoms with Gasteiger partial charge in [-0.25, -0.2) is 4.98 Å². The topological polar surface area (TPSA) is 34.9 Å². The Hall–Kier alpha value is -1.59. The summed E-state index contributed by atoms with van der Waals surface area (Å²) in [4.78, 5) is 20.4. The lowest BCUT2D eigenvalue weighted by Gasteiger charge is -2.13. The zero-order valence-corrected chi connectivity index (χ0v) is 17.1. The normalized spacial score (nSPS) is 11.4. The van der Waals surface area contributed by atoms with E-state index in [1.807, 2.05) is 6.07 Å². The highest BCUT2D eigenvalue weighted by molar-refractivity contribution is 7.99. The fourth-order valence-corrected chi connectivity index (χ4v) is 5.05. The van der Waals surface area contributed by atoms with Crippen molar-refractivity contribution in [3.63, 3.8) is 0 Å². The summed E-state index contributed by atoms with van der Waals surface area (Å²) in [6, 6.07) is 6.18. The predicted octanol–water partition coefficient (Wildman–Crippen LogP) is 5.44. The van der Waals surface area contributed by atoms with Gasteiger partial charge in [0.15, 0.2) is 5.16 Å². The summed E-state index contributed by atoms with van der Waals surface area (Å²) < 4.78 is 1.79. The summed E-state index contributed by atoms with van der Waals surface area (Å²) in [6.07, 6.45) is 2.09. The van der Waals surface area contributed by atoms with Crippen LogP contribution in [0.15, 0.2) is 28.2 Å². The second kappa shape index (κ2) is 7.34. The van der Waals surface area contributed by atoms with Crippen molar-refractivity contribution in [2.75, 3.05) is 5.75 Å². The molecule has 132 valence electrons. The molecular weight excluding hydrogens is 348 g/mol. The standard InChI is InChI=1S/C20H24N2OS2/c1-6-8-16-14(5)17-18(25-16)21-20(24-7-2)22(19(17)23)15-10-9-12(3)13(4)11-15/h9-11H,6-8H2,1-5H3. The van der Waals surface area contributed by atoms with Crippen molar-refractivity contribution in [3.05, 3.63) is 50.1 Å². The summed E-state index contributed by atoms with van der Waals surface area (Å²) in [5.74, 6) is 0.884. The first-order valence-electron chi connectivity index (χ1n) is 8.73. The maximum atomic E-state index is 13.4. The minimum atomic E-state index is 0.0558. The van der Waals surface area contributed by atoms with E-state index in [1.54, 1.807) is 27.7 Å². The minimum Gasteiger partial charge on any atom is -0.268 e. The Morgan fingerprint density at radius 1 is 1.16 bits per heavy atom. The molecule has 25 heavy (non-hydrogen) atoms. The van der Waals surface area contributed by atoms with Gasteiger partial charge in [-0.05, 0) is 61.8 Å². The van der Waals surface area contributed by atoms with Crippen LogP contribution in [0.3, 0.4) is 0 Å². The minimum absolute atomic E-state index is 0.0558. The van der Waals surface area contributed by atoms with Crippen LogP contribution in [0.4, 0.5) is 0 Å². The summed E-state index contributed by atoms with van der Waals surface area (Å²) >= 11 is 3.30. The lowest BCUT2D eigenvalue weighted by molar-refractivity contribution is 0.821. The summed E-state index contributed by atoms with van der Waals surface area (Å²) in [5, 5.41) is 1.57. The largest absolute Gasteiger partial charge is 0.268 e. The highest BCUT2D eigenvalue weighted by atomic mass is 32.2. The Morgan fingerprint density at radius 2 is 1.92 bits per heavy atom. The molecule has 0 spiro atoms. The molecule has 0 aliphatic carbocycles. The van der Waals surface area contributed by atoms with Crippen LogP contribution in [0.25, 0.3) is 15.9 Å². The third kappa shape index (κ3) is 3.27. The molecule has 5 heteroatoms. The van der Waals surface area contributed by atoms with E-state index in [4.69, 9.17) is 4.98 Å². The van der Waals surface area contributed by atoms with Crippen LogP contribution in [0, 0.1) is 20.8 Å². The first-order chi connectivity index (χ1) is 12.0. The highest BCUT2D eigenvalue weighted by Crippen LogP contribution is 2.31. The predicted molar refractivity (Wildman–Crippen MR) is 110 cm³/mol. The number of aromatic nitrogens is 2. The first-order valence-corrected chi connectivity index (χ1v) is 10.5. The number of hydrogen-bond acceptors (Lipinski definition) is 4. The van der Waals surface area contributed by atoms with Gasteiger partial charge in [0.1, 0.15) is 4.83 Å². The van der Waals surface area contributed by atoms with E-state index in [1.165, 1.54) is 16.0 Å². The van der Waals surface area contributed by atoms with Gasteiger partial charge in [-0.15, -0.1) is 11.3 Å². The van der Waals surface area contributed by atoms with E-state index in [0.717, 1.165) is 45.2 Å². The van der Waals surface area contributed by atoms with Gasteiger partial charge in [0.05, 0.1) is 11.1 Å². The quantitative estimate of drug-likeness (QED) is 0.442. The van der Waals surface area contributed by atoms with E-state index in [-0.39, 0.29) is 5.56 Å². The van der Waals surface area contributed by atoms with Crippen molar-refractivity contribution in [3.8, 4) is 5.69 Å². The lowest BCUT2D eigenvalue weighted by Crippen LogP contribution is -2.21. The lowest BCUT2D eigenvalue weighted by atomic mass is 10.1. The number of benzene rings is 1. The van der Waals surface area contributed by atoms with Crippen LogP contribution in [0.1, 0.15) is 41.8 Å². The number of aryl methyl sites for hydroxylation is 4. The number of fused-ring (bicyclic) bond motifs is 1. The van der Waals surface area contributed by atoms with Crippen LogP contribution in [-0.2, 0) is 6.42 Å². The molecule has 0 saturated heterocycles. The fourth-order valence-electron chi connectivity index (χ4n) is 2.99. The molecule has 0 atom stereocenters. The second-order valence-electron chi connectivity index (χ2n) is 6.32. The van der Waals surface area contributed by atoms with Gasteiger partial charge in [-0.2, -0.15) is 0 Å². The molecule has 1 aromatic carbocycles. The molecule has 0 unspecified atom stereocenters. The Morgan fingerprint density at radius 3 is 2.56 bits per heavy atom. The summed E-state index contributed by atoms with van der Waals surface area (Å²) in [5.41, 5.74) is 4.48. The molecule has 3 rings (SSSR count). The van der Waals surface area contributed by atoms with E-state index in [0.29, 0.717) is 0 Å². The molecule has 0 N–H and O–H groups in total. The van der Waals surface area contributed by atoms with Gasteiger partial charge in [-0.3, -0.25) is 9.36 Å². The number of thioether (sulfide) groups is 1. The van der Waals surface area contributed by atoms with Gasteiger partial charge in [0.2, 0.25) is 0 Å². The van der Waals surface area contributed by atoms with Crippen LogP contribution in [0.5, 0.6) is 0 Å². The molecule has 2 aromatic heterocycles. The van der Waals surface area contributed by atoms with Crippen molar-refractivity contribution in [1.82, 2.24) is 9.55 Å². The van der Waals surface area contributed by atoms with Crippen molar-refractivity contribution >= 4 is 33.3 Å². The van der Waals surface area contributed by atoms with Crippen LogP contribution in [-0.4, -0.2) is 15.3 Å². The molecular formula is C20H24N2OS2. The van der Waals surface area contributed by atoms with E-state index in [2.05, 4.69) is 46.8 Å². The summed E-state index contributed by atoms with van der Waals surface area (Å²) in [7, 11) is 0. The molecule has 0 fully saturated rings. The molecule has 0 aliphatic rings. The molecule has 0 saturated carbocycles. The SMILES string of the molecule is CCCc1sc2nc(SCC)n(-c3ccc(C)c(C)c3)c(=O)c2c1C. The number of nitrogens with zero attached hydrogens (tertiary/aromatic N) is 2. The maximum absolute atomic E-state index is 13.4. The number of hydrogen-bond donors (Lipinski definition) is 0. The van der Waals surface area contributed by atoms with Crippen molar-refractivity contribution in [1.29, 1.82) is 0 Å². The Kier molecular flexibility index (Phi) is 5.35. The molecule has 0 bridgehead atoms. The van der Waals surface area contributed by atoms with Gasteiger partial charge in [0.25, 0.3) is 5.56 Å². The average molecular weight is 373 g/mol. The van der Waals surface area contributed by atoms with E-state index in [9.17, 15) is 4.79 Å².